The molecule has 138 valence electrons. The maximum atomic E-state index is 11.8. The Morgan fingerprint density at radius 1 is 1.19 bits per heavy atom. The molecule has 1 N–H and O–H groups in total. The van der Waals surface area contributed by atoms with Crippen molar-refractivity contribution in [1.29, 1.82) is 0 Å². The van der Waals surface area contributed by atoms with Gasteiger partial charge in [0, 0.05) is 10.6 Å². The van der Waals surface area contributed by atoms with Crippen molar-refractivity contribution < 1.29 is 14.6 Å². The second kappa shape index (κ2) is 8.13. The molecule has 0 radical (unpaired) electrons. The largest absolute Gasteiger partial charge is 0.493 e. The molecule has 0 aliphatic heterocycles. The summed E-state index contributed by atoms with van der Waals surface area (Å²) >= 11 is 6.00. The van der Waals surface area contributed by atoms with Crippen LogP contribution in [0.3, 0.4) is 0 Å². The third-order valence-corrected chi connectivity index (χ3v) is 4.99. The molecule has 1 aliphatic rings. The number of rotatable bonds is 8. The minimum absolute atomic E-state index is 0.308. The summed E-state index contributed by atoms with van der Waals surface area (Å²) in [5.41, 5.74) is 2.79. The molecule has 1 fully saturated rings. The number of aliphatic carboxylic acids is 1. The smallest absolute Gasteiger partial charge is 0.310 e. The van der Waals surface area contributed by atoms with Crippen molar-refractivity contribution in [3.8, 4) is 16.9 Å². The maximum Gasteiger partial charge on any atom is 0.310 e. The predicted molar refractivity (Wildman–Crippen MR) is 105 cm³/mol. The molecule has 4 heteroatoms. The van der Waals surface area contributed by atoms with Crippen LogP contribution in [0, 0.1) is 11.8 Å². The van der Waals surface area contributed by atoms with Crippen molar-refractivity contribution in [2.24, 2.45) is 11.8 Å². The van der Waals surface area contributed by atoms with Crippen molar-refractivity contribution in [3.63, 3.8) is 0 Å². The molecule has 1 saturated carbocycles. The molecule has 0 saturated heterocycles. The summed E-state index contributed by atoms with van der Waals surface area (Å²) in [5, 5.41) is 10.3. The Hall–Kier alpha value is -2.00. The molecule has 2 aromatic carbocycles. The highest BCUT2D eigenvalue weighted by atomic mass is 35.5. The fourth-order valence-electron chi connectivity index (χ4n) is 3.09. The molecule has 0 heterocycles. The van der Waals surface area contributed by atoms with Gasteiger partial charge in [0.1, 0.15) is 5.75 Å². The van der Waals surface area contributed by atoms with Gasteiger partial charge in [0.2, 0.25) is 0 Å². The number of carboxylic acids is 1. The molecule has 0 spiro atoms. The lowest BCUT2D eigenvalue weighted by molar-refractivity contribution is -0.139. The van der Waals surface area contributed by atoms with E-state index in [9.17, 15) is 9.90 Å². The number of hydrogen-bond donors (Lipinski definition) is 1. The van der Waals surface area contributed by atoms with E-state index in [2.05, 4.69) is 0 Å². The van der Waals surface area contributed by atoms with Crippen LogP contribution in [0.2, 0.25) is 5.02 Å². The molecule has 1 atom stereocenters. The van der Waals surface area contributed by atoms with E-state index >= 15 is 0 Å². The van der Waals surface area contributed by atoms with Crippen LogP contribution >= 0.6 is 11.6 Å². The van der Waals surface area contributed by atoms with Crippen LogP contribution in [0.1, 0.15) is 44.6 Å². The molecule has 0 bridgehead atoms. The lowest BCUT2D eigenvalue weighted by Crippen LogP contribution is -2.14. The molecular formula is C22H25ClO3. The summed E-state index contributed by atoms with van der Waals surface area (Å²) in [7, 11) is 0. The quantitative estimate of drug-likeness (QED) is 0.617. The Labute approximate surface area is 160 Å². The highest BCUT2D eigenvalue weighted by Crippen LogP contribution is 2.37. The fourth-order valence-corrected chi connectivity index (χ4v) is 3.21. The summed E-state index contributed by atoms with van der Waals surface area (Å²) in [6.07, 6.45) is 3.03. The number of carboxylic acid groups (broad SMARTS) is 1. The molecular weight excluding hydrogens is 348 g/mol. The zero-order valence-electron chi connectivity index (χ0n) is 15.2. The summed E-state index contributed by atoms with van der Waals surface area (Å²) in [6.45, 7) is 4.77. The van der Waals surface area contributed by atoms with Gasteiger partial charge in [-0.15, -0.1) is 0 Å². The number of carbonyl (C=O) groups is 1. The zero-order chi connectivity index (χ0) is 18.7. The van der Waals surface area contributed by atoms with E-state index < -0.39 is 11.9 Å². The number of halogens is 1. The maximum absolute atomic E-state index is 11.8. The van der Waals surface area contributed by atoms with E-state index in [1.165, 1.54) is 12.8 Å². The van der Waals surface area contributed by atoms with Gasteiger partial charge < -0.3 is 9.84 Å². The van der Waals surface area contributed by atoms with Gasteiger partial charge in [-0.2, -0.15) is 0 Å². The summed E-state index contributed by atoms with van der Waals surface area (Å²) in [5.74, 6) is 0.390. The minimum Gasteiger partial charge on any atom is -0.493 e. The number of benzene rings is 2. The van der Waals surface area contributed by atoms with Gasteiger partial charge in [0.15, 0.2) is 0 Å². The van der Waals surface area contributed by atoms with Gasteiger partial charge in [-0.3, -0.25) is 4.79 Å². The standard InChI is InChI=1S/C22H25ClO3/c1-14(2)11-20(22(24)25)17-7-10-19(16-5-8-18(23)9-6-16)21(12-17)26-13-15-3-4-15/h5-10,12,14-15,20H,3-4,11,13H2,1-2H3,(H,24,25). The van der Waals surface area contributed by atoms with Gasteiger partial charge in [0.05, 0.1) is 12.5 Å². The average molecular weight is 373 g/mol. The summed E-state index contributed by atoms with van der Waals surface area (Å²) < 4.78 is 6.10. The topological polar surface area (TPSA) is 46.5 Å². The Morgan fingerprint density at radius 2 is 1.88 bits per heavy atom. The first-order valence-electron chi connectivity index (χ1n) is 9.19. The zero-order valence-corrected chi connectivity index (χ0v) is 16.0. The average Bonchev–Trinajstić information content (AvgIpc) is 3.42. The third kappa shape index (κ3) is 4.79. The Morgan fingerprint density at radius 3 is 2.46 bits per heavy atom. The minimum atomic E-state index is -0.786. The lowest BCUT2D eigenvalue weighted by Gasteiger charge is -2.18. The SMILES string of the molecule is CC(C)CC(C(=O)O)c1ccc(-c2ccc(Cl)cc2)c(OCC2CC2)c1. The van der Waals surface area contributed by atoms with Crippen molar-refractivity contribution >= 4 is 17.6 Å². The van der Waals surface area contributed by atoms with Crippen molar-refractivity contribution in [2.75, 3.05) is 6.61 Å². The third-order valence-electron chi connectivity index (χ3n) is 4.74. The van der Waals surface area contributed by atoms with Gasteiger partial charge in [-0.25, -0.2) is 0 Å². The van der Waals surface area contributed by atoms with Crippen LogP contribution in [0.15, 0.2) is 42.5 Å². The van der Waals surface area contributed by atoms with Gasteiger partial charge >= 0.3 is 5.97 Å². The molecule has 1 aliphatic carbocycles. The number of hydrogen-bond acceptors (Lipinski definition) is 2. The molecule has 3 rings (SSSR count). The molecule has 2 aromatic rings. The first-order valence-corrected chi connectivity index (χ1v) is 9.57. The van der Waals surface area contributed by atoms with E-state index in [0.717, 1.165) is 22.4 Å². The van der Waals surface area contributed by atoms with Gasteiger partial charge in [-0.05, 0) is 60.4 Å². The van der Waals surface area contributed by atoms with Crippen LogP contribution in [0.4, 0.5) is 0 Å². The van der Waals surface area contributed by atoms with E-state index in [1.807, 2.05) is 56.3 Å². The summed E-state index contributed by atoms with van der Waals surface area (Å²) in [6, 6.07) is 13.4. The Bertz CT molecular complexity index is 763. The first kappa shape index (κ1) is 18.8. The Balaban J connectivity index is 1.95. The molecule has 0 aromatic heterocycles. The monoisotopic (exact) mass is 372 g/mol. The molecule has 26 heavy (non-hydrogen) atoms. The van der Waals surface area contributed by atoms with E-state index in [0.29, 0.717) is 29.9 Å². The number of ether oxygens (including phenoxy) is 1. The van der Waals surface area contributed by atoms with Crippen LogP contribution in [0.25, 0.3) is 11.1 Å². The van der Waals surface area contributed by atoms with E-state index in [-0.39, 0.29) is 0 Å². The second-order valence-corrected chi connectivity index (χ2v) is 7.97. The lowest BCUT2D eigenvalue weighted by atomic mass is 9.89. The van der Waals surface area contributed by atoms with Crippen LogP contribution in [-0.2, 0) is 4.79 Å². The van der Waals surface area contributed by atoms with Gasteiger partial charge in [0.25, 0.3) is 0 Å². The van der Waals surface area contributed by atoms with Gasteiger partial charge in [-0.1, -0.05) is 49.7 Å². The van der Waals surface area contributed by atoms with Crippen molar-refractivity contribution in [2.45, 2.75) is 39.0 Å². The van der Waals surface area contributed by atoms with E-state index in [1.54, 1.807) is 0 Å². The highest BCUT2D eigenvalue weighted by Gasteiger charge is 2.25. The predicted octanol–water partition coefficient (Wildman–Crippen LogP) is 6.01. The first-order chi connectivity index (χ1) is 12.4. The molecule has 1 unspecified atom stereocenters. The normalized spacial score (nSPS) is 15.1. The molecule has 0 amide bonds. The van der Waals surface area contributed by atoms with Crippen molar-refractivity contribution in [1.82, 2.24) is 0 Å². The van der Waals surface area contributed by atoms with Crippen molar-refractivity contribution in [3.05, 3.63) is 53.1 Å². The molecule has 3 nitrogen and oxygen atoms in total. The van der Waals surface area contributed by atoms with Crippen LogP contribution in [0.5, 0.6) is 5.75 Å². The summed E-state index contributed by atoms with van der Waals surface area (Å²) in [4.78, 5) is 11.8. The van der Waals surface area contributed by atoms with E-state index in [4.69, 9.17) is 16.3 Å². The second-order valence-electron chi connectivity index (χ2n) is 7.54. The fraction of sp³-hybridized carbons (Fsp3) is 0.409. The highest BCUT2D eigenvalue weighted by molar-refractivity contribution is 6.30. The Kier molecular flexibility index (Phi) is 5.87. The van der Waals surface area contributed by atoms with Crippen LogP contribution in [-0.4, -0.2) is 17.7 Å². The van der Waals surface area contributed by atoms with Crippen LogP contribution < -0.4 is 4.74 Å².